The van der Waals surface area contributed by atoms with Crippen LogP contribution >= 0.6 is 11.3 Å². The maximum atomic E-state index is 5.45. The van der Waals surface area contributed by atoms with Gasteiger partial charge in [0.1, 0.15) is 0 Å². The highest BCUT2D eigenvalue weighted by Crippen LogP contribution is 2.49. The Hall–Kier alpha value is -5.84. The average Bonchev–Trinajstić information content (AvgIpc) is 3.13. The molecular formula is C44H33N3S. The van der Waals surface area contributed by atoms with E-state index in [2.05, 4.69) is 163 Å². The standard InChI is InChI=1S/C44H33N3S/c1-4-5-6-17-29-27-28-16-7-8-18-30(28)40-31-19-9-10-20-32(31)43(45-2)41(39(29)40)33-21-11-13-23-35(33)47-36-24-15-26-38-42(36)44(46-3)34-22-12-14-25-37(34)48-38/h4-27,45H,3H2,1-2H3/b5-4-,17-6-,47-36?. The second kappa shape index (κ2) is 12.4. The molecule has 1 aliphatic carbocycles. The van der Waals surface area contributed by atoms with E-state index in [1.165, 1.54) is 37.0 Å². The summed E-state index contributed by atoms with van der Waals surface area (Å²) in [6, 6.07) is 43.0. The highest BCUT2D eigenvalue weighted by Gasteiger charge is 2.22. The molecule has 0 bridgehead atoms. The van der Waals surface area contributed by atoms with Crippen LogP contribution in [0.15, 0.2) is 150 Å². The first kappa shape index (κ1) is 29.6. The normalized spacial score (nSPS) is 12.4. The Balaban J connectivity index is 1.53. The lowest BCUT2D eigenvalue weighted by Crippen LogP contribution is -2.06. The van der Waals surface area contributed by atoms with E-state index in [4.69, 9.17) is 4.99 Å². The van der Waals surface area contributed by atoms with Crippen LogP contribution in [0.3, 0.4) is 0 Å². The van der Waals surface area contributed by atoms with Gasteiger partial charge in [0.2, 0.25) is 0 Å². The van der Waals surface area contributed by atoms with Gasteiger partial charge in [-0.1, -0.05) is 115 Å². The van der Waals surface area contributed by atoms with Gasteiger partial charge in [0, 0.05) is 49.5 Å². The Kier molecular flexibility index (Phi) is 7.64. The number of rotatable bonds is 6. The summed E-state index contributed by atoms with van der Waals surface area (Å²) in [5.74, 6) is 0. The van der Waals surface area contributed by atoms with Gasteiger partial charge in [0.05, 0.1) is 22.4 Å². The molecule has 1 heterocycles. The van der Waals surface area contributed by atoms with Crippen LogP contribution < -0.4 is 10.7 Å². The van der Waals surface area contributed by atoms with Crippen molar-refractivity contribution in [2.24, 2.45) is 9.98 Å². The van der Waals surface area contributed by atoms with Crippen molar-refractivity contribution < 1.29 is 0 Å². The van der Waals surface area contributed by atoms with Crippen LogP contribution in [0.5, 0.6) is 0 Å². The third-order valence-corrected chi connectivity index (χ3v) is 10.2. The smallest absolute Gasteiger partial charge is 0.0817 e. The third kappa shape index (κ3) is 4.81. The fourth-order valence-electron chi connectivity index (χ4n) is 7.04. The molecule has 2 aliphatic rings. The van der Waals surface area contributed by atoms with Crippen molar-refractivity contribution in [2.75, 3.05) is 12.4 Å². The molecule has 8 rings (SSSR count). The maximum absolute atomic E-state index is 5.45. The van der Waals surface area contributed by atoms with Gasteiger partial charge < -0.3 is 5.32 Å². The van der Waals surface area contributed by atoms with Crippen molar-refractivity contribution in [1.82, 2.24) is 0 Å². The van der Waals surface area contributed by atoms with Crippen molar-refractivity contribution in [3.63, 3.8) is 0 Å². The molecule has 230 valence electrons. The third-order valence-electron chi connectivity index (χ3n) is 9.05. The van der Waals surface area contributed by atoms with Crippen LogP contribution in [0, 0.1) is 0 Å². The summed E-state index contributed by atoms with van der Waals surface area (Å²) < 4.78 is 1.18. The number of nitrogens with zero attached hydrogens (tertiary/aromatic N) is 2. The molecule has 0 radical (unpaired) electrons. The van der Waals surface area contributed by atoms with Gasteiger partial charge in [-0.3, -0.25) is 4.99 Å². The molecule has 0 saturated carbocycles. The molecule has 6 aromatic carbocycles. The minimum Gasteiger partial charge on any atom is -0.387 e. The van der Waals surface area contributed by atoms with Gasteiger partial charge in [-0.05, 0) is 71.1 Å². The average molecular weight is 636 g/mol. The van der Waals surface area contributed by atoms with Gasteiger partial charge in [-0.25, -0.2) is 4.99 Å². The van der Waals surface area contributed by atoms with E-state index in [0.717, 1.165) is 54.9 Å². The highest BCUT2D eigenvalue weighted by atomic mass is 32.1. The zero-order valence-electron chi connectivity index (χ0n) is 26.9. The topological polar surface area (TPSA) is 36.8 Å². The number of benzene rings is 7. The van der Waals surface area contributed by atoms with Crippen LogP contribution in [0.1, 0.15) is 12.5 Å². The Morgan fingerprint density at radius 1 is 0.688 bits per heavy atom. The summed E-state index contributed by atoms with van der Waals surface area (Å²) in [6.45, 7) is 6.03. The molecule has 1 N–H and O–H groups in total. The van der Waals surface area contributed by atoms with Gasteiger partial charge >= 0.3 is 0 Å². The number of hydrogen-bond acceptors (Lipinski definition) is 4. The van der Waals surface area contributed by atoms with Gasteiger partial charge in [-0.15, -0.1) is 11.3 Å². The predicted octanol–water partition coefficient (Wildman–Crippen LogP) is 12.3. The Bertz CT molecular complexity index is 2640. The second-order valence-electron chi connectivity index (χ2n) is 11.8. The Labute approximate surface area is 283 Å². The Morgan fingerprint density at radius 2 is 1.42 bits per heavy atom. The number of anilines is 1. The molecule has 0 unspecified atom stereocenters. The fourth-order valence-corrected chi connectivity index (χ4v) is 8.15. The number of nitrogens with one attached hydrogen (secondary N) is 1. The van der Waals surface area contributed by atoms with Gasteiger partial charge in [0.15, 0.2) is 0 Å². The molecule has 4 heteroatoms. The zero-order chi connectivity index (χ0) is 32.6. The summed E-state index contributed by atoms with van der Waals surface area (Å²) in [4.78, 5) is 11.1. The molecule has 6 aromatic rings. The van der Waals surface area contributed by atoms with E-state index < -0.39 is 0 Å². The van der Waals surface area contributed by atoms with E-state index in [0.29, 0.717) is 0 Å². The SMILES string of the molecule is C=Nc1c2c(=Nc3ccccc3-c3c(NC)c4ccccc4c4c3c(/C=C\C=C/C)cc3ccccc34)cccc-2sc2ccccc12. The summed E-state index contributed by atoms with van der Waals surface area (Å²) in [7, 11) is 2.02. The molecule has 0 saturated heterocycles. The molecule has 0 spiro atoms. The summed E-state index contributed by atoms with van der Waals surface area (Å²) >= 11 is 1.76. The van der Waals surface area contributed by atoms with E-state index in [9.17, 15) is 0 Å². The number of hydrogen-bond donors (Lipinski definition) is 1. The van der Waals surface area contributed by atoms with Crippen LogP contribution in [-0.2, 0) is 0 Å². The molecule has 48 heavy (non-hydrogen) atoms. The highest BCUT2D eigenvalue weighted by molar-refractivity contribution is 7.21. The van der Waals surface area contributed by atoms with Gasteiger partial charge in [-0.2, -0.15) is 0 Å². The molecule has 0 fully saturated rings. The summed E-state index contributed by atoms with van der Waals surface area (Å²) in [5.41, 5.74) is 7.20. The largest absolute Gasteiger partial charge is 0.387 e. The molecule has 0 atom stereocenters. The van der Waals surface area contributed by atoms with E-state index in [1.54, 1.807) is 11.3 Å². The minimum absolute atomic E-state index is 0.867. The Morgan fingerprint density at radius 3 is 2.23 bits per heavy atom. The molecule has 0 aromatic heterocycles. The van der Waals surface area contributed by atoms with Crippen molar-refractivity contribution in [3.05, 3.63) is 150 Å². The summed E-state index contributed by atoms with van der Waals surface area (Å²) in [5, 5.41) is 12.9. The van der Waals surface area contributed by atoms with Crippen LogP contribution in [0.4, 0.5) is 17.1 Å². The number of aliphatic imine (C=N–C) groups is 1. The van der Waals surface area contributed by atoms with Crippen molar-refractivity contribution in [3.8, 4) is 21.6 Å². The first-order valence-corrected chi connectivity index (χ1v) is 17.0. The van der Waals surface area contributed by atoms with Gasteiger partial charge in [0.25, 0.3) is 0 Å². The summed E-state index contributed by atoms with van der Waals surface area (Å²) in [6.07, 6.45) is 8.50. The van der Waals surface area contributed by atoms with E-state index in [-0.39, 0.29) is 0 Å². The van der Waals surface area contributed by atoms with Crippen LogP contribution in [-0.4, -0.2) is 13.8 Å². The monoisotopic (exact) mass is 635 g/mol. The first-order chi connectivity index (χ1) is 23.7. The quantitative estimate of drug-likeness (QED) is 0.0839. The lowest BCUT2D eigenvalue weighted by molar-refractivity contribution is 1.34. The lowest BCUT2D eigenvalue weighted by Gasteiger charge is -2.21. The van der Waals surface area contributed by atoms with Crippen LogP contribution in [0.25, 0.3) is 70.0 Å². The maximum Gasteiger partial charge on any atom is 0.0817 e. The van der Waals surface area contributed by atoms with E-state index >= 15 is 0 Å². The predicted molar refractivity (Wildman–Crippen MR) is 211 cm³/mol. The van der Waals surface area contributed by atoms with E-state index in [1.807, 2.05) is 14.0 Å². The molecule has 1 aliphatic heterocycles. The minimum atomic E-state index is 0.867. The zero-order valence-corrected chi connectivity index (χ0v) is 27.7. The second-order valence-corrected chi connectivity index (χ2v) is 12.8. The molecule has 0 amide bonds. The lowest BCUT2D eigenvalue weighted by atomic mass is 9.85. The first-order valence-electron chi connectivity index (χ1n) is 16.1. The number of para-hydroxylation sites is 1. The number of fused-ring (bicyclic) bond motifs is 7. The fraction of sp³-hybridized carbons (Fsp3) is 0.0455. The van der Waals surface area contributed by atoms with Crippen molar-refractivity contribution in [1.29, 1.82) is 0 Å². The molecular weight excluding hydrogens is 603 g/mol. The molecule has 3 nitrogen and oxygen atoms in total. The van der Waals surface area contributed by atoms with Crippen LogP contribution in [0.2, 0.25) is 0 Å². The van der Waals surface area contributed by atoms with Crippen molar-refractivity contribution >= 4 is 83.6 Å². The van der Waals surface area contributed by atoms with Crippen molar-refractivity contribution in [2.45, 2.75) is 6.92 Å². The number of allylic oxidation sites excluding steroid dienone is 3.